The second-order valence-electron chi connectivity index (χ2n) is 4.46. The fourth-order valence-corrected chi connectivity index (χ4v) is 3.33. The van der Waals surface area contributed by atoms with Crippen LogP contribution in [0.5, 0.6) is 11.5 Å². The highest BCUT2D eigenvalue weighted by Crippen LogP contribution is 2.34. The molecule has 0 fully saturated rings. The molecule has 116 valence electrons. The Labute approximate surface area is 137 Å². The minimum atomic E-state index is 0.195. The molecular weight excluding hydrogens is 302 g/mol. The maximum Gasteiger partial charge on any atom is 0.161 e. The molecule has 0 saturated carbocycles. The third-order valence-corrected chi connectivity index (χ3v) is 4.70. The first-order chi connectivity index (χ1) is 10.1. The first-order valence-corrected chi connectivity index (χ1v) is 8.40. The Morgan fingerprint density at radius 2 is 2.05 bits per heavy atom. The number of thiocarbonyl (C=S) groups is 1. The maximum atomic E-state index is 10.2. The van der Waals surface area contributed by atoms with E-state index < -0.39 is 0 Å². The molecule has 0 bridgehead atoms. The van der Waals surface area contributed by atoms with Gasteiger partial charge < -0.3 is 14.7 Å². The minimum Gasteiger partial charge on any atom is -0.504 e. The van der Waals surface area contributed by atoms with Crippen molar-refractivity contribution in [1.29, 1.82) is 0 Å². The van der Waals surface area contributed by atoms with E-state index in [2.05, 4.69) is 18.7 Å². The summed E-state index contributed by atoms with van der Waals surface area (Å²) in [6, 6.07) is 3.79. The number of phenols is 1. The number of methoxy groups -OCH3 is 1. The van der Waals surface area contributed by atoms with Crippen LogP contribution in [0.2, 0.25) is 0 Å². The van der Waals surface area contributed by atoms with Gasteiger partial charge in [0.25, 0.3) is 0 Å². The lowest BCUT2D eigenvalue weighted by molar-refractivity contribution is 0.371. The van der Waals surface area contributed by atoms with E-state index in [-0.39, 0.29) is 5.75 Å². The topological polar surface area (TPSA) is 32.7 Å². The average molecular weight is 325 g/mol. The van der Waals surface area contributed by atoms with Gasteiger partial charge in [0.15, 0.2) is 11.5 Å². The fraction of sp³-hybridized carbons (Fsp3) is 0.438. The largest absolute Gasteiger partial charge is 0.504 e. The minimum absolute atomic E-state index is 0.195. The number of hydrogen-bond acceptors (Lipinski definition) is 4. The summed E-state index contributed by atoms with van der Waals surface area (Å²) < 4.78 is 6.09. The van der Waals surface area contributed by atoms with E-state index in [1.807, 2.05) is 31.2 Å². The second kappa shape index (κ2) is 8.95. The van der Waals surface area contributed by atoms with Crippen molar-refractivity contribution in [2.75, 3.05) is 20.2 Å². The summed E-state index contributed by atoms with van der Waals surface area (Å²) in [6.45, 7) is 7.93. The number of phenolic OH excluding ortho intramolecular Hbond substituents is 1. The fourth-order valence-electron chi connectivity index (χ4n) is 1.96. The van der Waals surface area contributed by atoms with Crippen molar-refractivity contribution in [3.8, 4) is 11.5 Å². The molecule has 0 heterocycles. The Bertz CT molecular complexity index is 511. The van der Waals surface area contributed by atoms with E-state index in [9.17, 15) is 5.11 Å². The molecule has 0 radical (unpaired) electrons. The summed E-state index contributed by atoms with van der Waals surface area (Å²) >= 11 is 6.99. The molecule has 1 aromatic carbocycles. The third-order valence-electron chi connectivity index (χ3n) is 3.13. The Hall–Kier alpha value is -1.20. The van der Waals surface area contributed by atoms with E-state index in [1.54, 1.807) is 18.9 Å². The number of thioether (sulfide) groups is 1. The van der Waals surface area contributed by atoms with Crippen LogP contribution in [0, 0.1) is 0 Å². The summed E-state index contributed by atoms with van der Waals surface area (Å²) in [4.78, 5) is 2.13. The van der Waals surface area contributed by atoms with Crippen LogP contribution in [-0.2, 0) is 5.75 Å². The van der Waals surface area contributed by atoms with Crippen molar-refractivity contribution in [2.45, 2.75) is 26.5 Å². The number of aromatic hydroxyl groups is 1. The lowest BCUT2D eigenvalue weighted by Gasteiger charge is -2.21. The van der Waals surface area contributed by atoms with Crippen molar-refractivity contribution in [2.24, 2.45) is 0 Å². The molecular formula is C16H23NO2S2. The molecule has 1 rings (SSSR count). The lowest BCUT2D eigenvalue weighted by atomic mass is 10.1. The highest BCUT2D eigenvalue weighted by Gasteiger charge is 2.12. The predicted molar refractivity (Wildman–Crippen MR) is 96.2 cm³/mol. The summed E-state index contributed by atoms with van der Waals surface area (Å²) in [5.41, 5.74) is 1.85. The molecule has 1 aromatic rings. The van der Waals surface area contributed by atoms with Gasteiger partial charge in [-0.1, -0.05) is 36.1 Å². The molecule has 5 heteroatoms. The van der Waals surface area contributed by atoms with Crippen LogP contribution < -0.4 is 4.74 Å². The van der Waals surface area contributed by atoms with Gasteiger partial charge in [-0.15, -0.1) is 0 Å². The van der Waals surface area contributed by atoms with Crippen LogP contribution in [0.3, 0.4) is 0 Å². The summed E-state index contributed by atoms with van der Waals surface area (Å²) in [6.07, 6.45) is 3.95. The zero-order chi connectivity index (χ0) is 15.8. The standard InChI is InChI=1S/C16H23NO2S2/c1-5-8-12-9-13(15(18)14(10-12)19-4)11-21-16(20)17(6-2)7-3/h5,8-10,18H,6-7,11H2,1-4H3/b8-5-. The van der Waals surface area contributed by atoms with E-state index >= 15 is 0 Å². The van der Waals surface area contributed by atoms with Gasteiger partial charge in [-0.2, -0.15) is 0 Å². The highest BCUT2D eigenvalue weighted by molar-refractivity contribution is 8.22. The second-order valence-corrected chi connectivity index (χ2v) is 6.07. The molecule has 0 spiro atoms. The molecule has 0 aliphatic heterocycles. The molecule has 0 saturated heterocycles. The van der Waals surface area contributed by atoms with Gasteiger partial charge >= 0.3 is 0 Å². The van der Waals surface area contributed by atoms with Crippen molar-refractivity contribution in [3.63, 3.8) is 0 Å². The molecule has 21 heavy (non-hydrogen) atoms. The number of hydrogen-bond donors (Lipinski definition) is 1. The van der Waals surface area contributed by atoms with Crippen LogP contribution in [-0.4, -0.2) is 34.5 Å². The van der Waals surface area contributed by atoms with Gasteiger partial charge in [-0.05, 0) is 38.5 Å². The monoisotopic (exact) mass is 325 g/mol. The van der Waals surface area contributed by atoms with Gasteiger partial charge in [0.1, 0.15) is 4.32 Å². The number of allylic oxidation sites excluding steroid dienone is 1. The molecule has 0 amide bonds. The van der Waals surface area contributed by atoms with E-state index in [4.69, 9.17) is 17.0 Å². The van der Waals surface area contributed by atoms with E-state index in [0.29, 0.717) is 11.5 Å². The molecule has 0 aliphatic carbocycles. The predicted octanol–water partition coefficient (Wildman–Crippen LogP) is 4.29. The van der Waals surface area contributed by atoms with Crippen molar-refractivity contribution >= 4 is 34.4 Å². The number of rotatable bonds is 6. The van der Waals surface area contributed by atoms with Crippen molar-refractivity contribution in [1.82, 2.24) is 4.90 Å². The average Bonchev–Trinajstić information content (AvgIpc) is 2.48. The molecule has 0 unspecified atom stereocenters. The maximum absolute atomic E-state index is 10.2. The van der Waals surface area contributed by atoms with Crippen LogP contribution in [0.15, 0.2) is 18.2 Å². The summed E-state index contributed by atoms with van der Waals surface area (Å²) in [5, 5.41) is 10.2. The smallest absolute Gasteiger partial charge is 0.161 e. The lowest BCUT2D eigenvalue weighted by Crippen LogP contribution is -2.26. The number of benzene rings is 1. The SMILES string of the molecule is C/C=C\c1cc(CSC(=S)N(CC)CC)c(O)c(OC)c1. The molecule has 3 nitrogen and oxygen atoms in total. The zero-order valence-corrected chi connectivity index (χ0v) is 14.7. The Morgan fingerprint density at radius 3 is 2.57 bits per heavy atom. The number of nitrogens with zero attached hydrogens (tertiary/aromatic N) is 1. The Balaban J connectivity index is 2.91. The molecule has 0 atom stereocenters. The van der Waals surface area contributed by atoms with Gasteiger partial charge in [0.05, 0.1) is 7.11 Å². The van der Waals surface area contributed by atoms with Crippen LogP contribution >= 0.6 is 24.0 Å². The Kier molecular flexibility index (Phi) is 7.61. The van der Waals surface area contributed by atoms with Gasteiger partial charge in [0, 0.05) is 24.4 Å². The quantitative estimate of drug-likeness (QED) is 0.789. The van der Waals surface area contributed by atoms with Crippen molar-refractivity contribution in [3.05, 3.63) is 29.3 Å². The van der Waals surface area contributed by atoms with E-state index in [1.165, 1.54) is 0 Å². The number of ether oxygens (including phenoxy) is 1. The van der Waals surface area contributed by atoms with Gasteiger partial charge in [-0.25, -0.2) is 0 Å². The van der Waals surface area contributed by atoms with Gasteiger partial charge in [-0.3, -0.25) is 0 Å². The first-order valence-electron chi connectivity index (χ1n) is 7.01. The highest BCUT2D eigenvalue weighted by atomic mass is 32.2. The van der Waals surface area contributed by atoms with Crippen LogP contribution in [0.4, 0.5) is 0 Å². The molecule has 1 N–H and O–H groups in total. The third kappa shape index (κ3) is 4.93. The first kappa shape index (κ1) is 17.9. The van der Waals surface area contributed by atoms with E-state index in [0.717, 1.165) is 28.5 Å². The van der Waals surface area contributed by atoms with Gasteiger partial charge in [0.2, 0.25) is 0 Å². The van der Waals surface area contributed by atoms with Crippen molar-refractivity contribution < 1.29 is 9.84 Å². The summed E-state index contributed by atoms with van der Waals surface area (Å²) in [5.74, 6) is 1.32. The molecule has 0 aromatic heterocycles. The van der Waals surface area contributed by atoms with Crippen LogP contribution in [0.1, 0.15) is 31.9 Å². The summed E-state index contributed by atoms with van der Waals surface area (Å²) in [7, 11) is 1.56. The normalized spacial score (nSPS) is 10.9. The van der Waals surface area contributed by atoms with Crippen LogP contribution in [0.25, 0.3) is 6.08 Å². The Morgan fingerprint density at radius 1 is 1.38 bits per heavy atom. The molecule has 0 aliphatic rings. The zero-order valence-electron chi connectivity index (χ0n) is 13.0.